The summed E-state index contributed by atoms with van der Waals surface area (Å²) >= 11 is 0. The Morgan fingerprint density at radius 3 is 2.41 bits per heavy atom. The lowest BCUT2D eigenvalue weighted by molar-refractivity contribution is -0.121. The van der Waals surface area contributed by atoms with E-state index >= 15 is 0 Å². The molecule has 2 aromatic rings. The highest BCUT2D eigenvalue weighted by molar-refractivity contribution is 7.92. The topological polar surface area (TPSA) is 131 Å². The molecule has 1 saturated heterocycles. The van der Waals surface area contributed by atoms with Crippen molar-refractivity contribution in [2.75, 3.05) is 37.0 Å². The minimum Gasteiger partial charge on any atom is -0.495 e. The van der Waals surface area contributed by atoms with Gasteiger partial charge < -0.3 is 14.8 Å². The number of ether oxygens (including phenoxy) is 2. The van der Waals surface area contributed by atoms with Gasteiger partial charge in [-0.05, 0) is 30.3 Å². The number of para-hydroxylation sites is 1. The van der Waals surface area contributed by atoms with Crippen molar-refractivity contribution in [3.8, 4) is 5.75 Å². The van der Waals surface area contributed by atoms with Crippen LogP contribution in [0.3, 0.4) is 0 Å². The quantitative estimate of drug-likeness (QED) is 0.428. The second-order valence-electron chi connectivity index (χ2n) is 6.86. The van der Waals surface area contributed by atoms with Gasteiger partial charge in [0.05, 0.1) is 35.6 Å². The number of sulfonamides is 1. The molecule has 11 heteroatoms. The molecular formula is C21H23N3O7S. The van der Waals surface area contributed by atoms with Crippen molar-refractivity contribution in [1.29, 1.82) is 0 Å². The Bertz CT molecular complexity index is 1130. The fourth-order valence-electron chi connectivity index (χ4n) is 3.19. The fraction of sp³-hybridized carbons (Fsp3) is 0.286. The first-order chi connectivity index (χ1) is 15.3. The number of anilines is 2. The SMILES string of the molecule is COCCNC(=O)c1ccccc1NS(=O)(=O)c1ccc(OC)c(N2C(=O)CCC2=O)c1. The second-order valence-corrected chi connectivity index (χ2v) is 8.54. The predicted octanol–water partition coefficient (Wildman–Crippen LogP) is 1.53. The molecule has 2 aromatic carbocycles. The van der Waals surface area contributed by atoms with Gasteiger partial charge in [-0.3, -0.25) is 19.1 Å². The molecule has 3 rings (SSSR count). The molecule has 0 aliphatic carbocycles. The molecule has 0 spiro atoms. The largest absolute Gasteiger partial charge is 0.495 e. The van der Waals surface area contributed by atoms with Crippen LogP contribution in [-0.4, -0.2) is 53.5 Å². The maximum absolute atomic E-state index is 13.1. The van der Waals surface area contributed by atoms with Crippen molar-refractivity contribution in [2.24, 2.45) is 0 Å². The molecular weight excluding hydrogens is 438 g/mol. The van der Waals surface area contributed by atoms with Gasteiger partial charge in [-0.2, -0.15) is 0 Å². The van der Waals surface area contributed by atoms with Crippen molar-refractivity contribution >= 4 is 39.1 Å². The number of benzene rings is 2. The van der Waals surface area contributed by atoms with Gasteiger partial charge in [0, 0.05) is 26.5 Å². The van der Waals surface area contributed by atoms with E-state index in [1.165, 1.54) is 44.6 Å². The Balaban J connectivity index is 1.93. The number of carbonyl (C=O) groups excluding carboxylic acids is 3. The van der Waals surface area contributed by atoms with Gasteiger partial charge in [0.2, 0.25) is 11.8 Å². The van der Waals surface area contributed by atoms with Gasteiger partial charge in [0.25, 0.3) is 15.9 Å². The highest BCUT2D eigenvalue weighted by atomic mass is 32.2. The summed E-state index contributed by atoms with van der Waals surface area (Å²) in [5, 5.41) is 2.64. The lowest BCUT2D eigenvalue weighted by Gasteiger charge is -2.19. The van der Waals surface area contributed by atoms with Crippen LogP contribution in [0.15, 0.2) is 47.4 Å². The molecule has 0 bridgehead atoms. The molecule has 1 aliphatic rings. The van der Waals surface area contributed by atoms with Crippen molar-refractivity contribution < 1.29 is 32.3 Å². The average molecular weight is 461 g/mol. The summed E-state index contributed by atoms with van der Waals surface area (Å²) < 4.78 is 38.7. The van der Waals surface area contributed by atoms with Crippen molar-refractivity contribution in [3.63, 3.8) is 0 Å². The first-order valence-corrected chi connectivity index (χ1v) is 11.2. The lowest BCUT2D eigenvalue weighted by atomic mass is 10.2. The van der Waals surface area contributed by atoms with E-state index in [1.54, 1.807) is 12.1 Å². The van der Waals surface area contributed by atoms with E-state index in [4.69, 9.17) is 9.47 Å². The Labute approximate surface area is 185 Å². The van der Waals surface area contributed by atoms with Crippen LogP contribution in [0.2, 0.25) is 0 Å². The first kappa shape index (κ1) is 23.2. The number of amides is 3. The third-order valence-electron chi connectivity index (χ3n) is 4.76. The molecule has 0 aromatic heterocycles. The summed E-state index contributed by atoms with van der Waals surface area (Å²) in [6, 6.07) is 10.00. The molecule has 3 amide bonds. The van der Waals surface area contributed by atoms with E-state index < -0.39 is 27.7 Å². The van der Waals surface area contributed by atoms with Crippen molar-refractivity contribution in [2.45, 2.75) is 17.7 Å². The van der Waals surface area contributed by atoms with E-state index in [0.717, 1.165) is 4.90 Å². The van der Waals surface area contributed by atoms with Crippen LogP contribution in [0, 0.1) is 0 Å². The van der Waals surface area contributed by atoms with Gasteiger partial charge >= 0.3 is 0 Å². The van der Waals surface area contributed by atoms with E-state index in [0.29, 0.717) is 6.61 Å². The first-order valence-electron chi connectivity index (χ1n) is 9.71. The Kier molecular flexibility index (Phi) is 7.11. The molecule has 0 unspecified atom stereocenters. The molecule has 1 aliphatic heterocycles. The summed E-state index contributed by atoms with van der Waals surface area (Å²) in [4.78, 5) is 37.5. The molecule has 2 N–H and O–H groups in total. The molecule has 1 fully saturated rings. The van der Waals surface area contributed by atoms with Crippen LogP contribution in [0.25, 0.3) is 0 Å². The Morgan fingerprint density at radius 1 is 1.06 bits per heavy atom. The number of nitrogens with zero attached hydrogens (tertiary/aromatic N) is 1. The molecule has 1 heterocycles. The highest BCUT2D eigenvalue weighted by Gasteiger charge is 2.33. The number of hydrogen-bond donors (Lipinski definition) is 2. The summed E-state index contributed by atoms with van der Waals surface area (Å²) in [7, 11) is -1.31. The fourth-order valence-corrected chi connectivity index (χ4v) is 4.29. The third-order valence-corrected chi connectivity index (χ3v) is 6.12. The molecule has 0 atom stereocenters. The van der Waals surface area contributed by atoms with Gasteiger partial charge in [0.15, 0.2) is 0 Å². The van der Waals surface area contributed by atoms with Gasteiger partial charge in [-0.1, -0.05) is 12.1 Å². The zero-order valence-corrected chi connectivity index (χ0v) is 18.4. The predicted molar refractivity (Wildman–Crippen MR) is 116 cm³/mol. The van der Waals surface area contributed by atoms with Gasteiger partial charge in [-0.15, -0.1) is 0 Å². The zero-order chi connectivity index (χ0) is 23.3. The summed E-state index contributed by atoms with van der Waals surface area (Å²) in [5.74, 6) is -1.16. The normalized spacial score (nSPS) is 13.9. The molecule has 10 nitrogen and oxygen atoms in total. The lowest BCUT2D eigenvalue weighted by Crippen LogP contribution is -2.29. The van der Waals surface area contributed by atoms with Crippen LogP contribution in [0.5, 0.6) is 5.75 Å². The van der Waals surface area contributed by atoms with Crippen LogP contribution in [-0.2, 0) is 24.3 Å². The Hall–Kier alpha value is -3.44. The zero-order valence-electron chi connectivity index (χ0n) is 17.6. The number of rotatable bonds is 9. The number of imide groups is 1. The Morgan fingerprint density at radius 2 is 1.75 bits per heavy atom. The maximum Gasteiger partial charge on any atom is 0.261 e. The number of methoxy groups -OCH3 is 2. The molecule has 0 radical (unpaired) electrons. The smallest absolute Gasteiger partial charge is 0.261 e. The summed E-state index contributed by atoms with van der Waals surface area (Å²) in [5.41, 5.74) is 0.257. The average Bonchev–Trinajstić information content (AvgIpc) is 3.11. The minimum atomic E-state index is -4.17. The number of nitrogens with one attached hydrogen (secondary N) is 2. The molecule has 32 heavy (non-hydrogen) atoms. The molecule has 0 saturated carbocycles. The van der Waals surface area contributed by atoms with E-state index in [-0.39, 0.29) is 47.0 Å². The van der Waals surface area contributed by atoms with Crippen molar-refractivity contribution in [3.05, 3.63) is 48.0 Å². The highest BCUT2D eigenvalue weighted by Crippen LogP contribution is 2.34. The number of hydrogen-bond acceptors (Lipinski definition) is 7. The van der Waals surface area contributed by atoms with Crippen LogP contribution in [0.1, 0.15) is 23.2 Å². The minimum absolute atomic E-state index is 0.0444. The number of carbonyl (C=O) groups is 3. The summed E-state index contributed by atoms with van der Waals surface area (Å²) in [6.07, 6.45) is 0.0888. The van der Waals surface area contributed by atoms with Gasteiger partial charge in [-0.25, -0.2) is 13.3 Å². The van der Waals surface area contributed by atoms with E-state index in [9.17, 15) is 22.8 Å². The summed E-state index contributed by atoms with van der Waals surface area (Å²) in [6.45, 7) is 0.568. The standard InChI is InChI=1S/C21H23N3O7S/c1-30-12-11-22-21(27)15-5-3-4-6-16(15)23-32(28,29)14-7-8-18(31-2)17(13-14)24-19(25)9-10-20(24)26/h3-8,13,23H,9-12H2,1-2H3,(H,22,27). The van der Waals surface area contributed by atoms with E-state index in [1.807, 2.05) is 0 Å². The van der Waals surface area contributed by atoms with Crippen LogP contribution in [0.4, 0.5) is 11.4 Å². The van der Waals surface area contributed by atoms with Crippen LogP contribution >= 0.6 is 0 Å². The van der Waals surface area contributed by atoms with Crippen molar-refractivity contribution in [1.82, 2.24) is 5.32 Å². The van der Waals surface area contributed by atoms with Crippen LogP contribution < -0.4 is 19.7 Å². The van der Waals surface area contributed by atoms with Gasteiger partial charge in [0.1, 0.15) is 5.75 Å². The van der Waals surface area contributed by atoms with E-state index in [2.05, 4.69) is 10.0 Å². The third kappa shape index (κ3) is 4.89. The maximum atomic E-state index is 13.1. The monoisotopic (exact) mass is 461 g/mol. The second kappa shape index (κ2) is 9.79. The molecule has 170 valence electrons.